The average Bonchev–Trinajstić information content (AvgIpc) is 3.57. The Labute approximate surface area is 360 Å². The molecule has 63 heavy (non-hydrogen) atoms. The van der Waals surface area contributed by atoms with E-state index in [9.17, 15) is 66.1 Å². The van der Waals surface area contributed by atoms with Crippen molar-refractivity contribution in [1.29, 1.82) is 0 Å². The van der Waals surface area contributed by atoms with Gasteiger partial charge in [-0.3, -0.25) is 4.79 Å². The maximum absolute atomic E-state index is 13.3. The molecule has 354 valence electrons. The van der Waals surface area contributed by atoms with Crippen molar-refractivity contribution in [3.8, 4) is 0 Å². The van der Waals surface area contributed by atoms with E-state index in [1.807, 2.05) is 6.07 Å². The summed E-state index contributed by atoms with van der Waals surface area (Å²) in [5.74, 6) is -0.711. The van der Waals surface area contributed by atoms with Crippen LogP contribution in [0.3, 0.4) is 0 Å². The first-order valence-electron chi connectivity index (χ1n) is 20.3. The Morgan fingerprint density at radius 1 is 0.571 bits per heavy atom. The van der Waals surface area contributed by atoms with Crippen molar-refractivity contribution in [2.24, 2.45) is 0 Å². The number of amides is 1. The van der Waals surface area contributed by atoms with Gasteiger partial charge in [0.05, 0.1) is 39.6 Å². The van der Waals surface area contributed by atoms with Crippen molar-refractivity contribution in [2.45, 2.75) is 136 Å². The van der Waals surface area contributed by atoms with Gasteiger partial charge in [-0.05, 0) is 11.1 Å². The molecule has 4 aliphatic rings. The van der Waals surface area contributed by atoms with Crippen LogP contribution >= 0.6 is 0 Å². The second-order valence-corrected chi connectivity index (χ2v) is 15.5. The van der Waals surface area contributed by atoms with Crippen LogP contribution in [0.15, 0.2) is 60.7 Å². The molecule has 0 radical (unpaired) electrons. The number of aliphatic hydroxyl groups excluding tert-OH is 12. The van der Waals surface area contributed by atoms with Gasteiger partial charge in [0.15, 0.2) is 25.2 Å². The summed E-state index contributed by atoms with van der Waals surface area (Å²) in [6.07, 6.45) is -32.8. The molecule has 4 aliphatic heterocycles. The number of ether oxygens (including phenoxy) is 9. The molecule has 0 bridgehead atoms. The summed E-state index contributed by atoms with van der Waals surface area (Å²) in [6, 6.07) is 16.3. The Morgan fingerprint density at radius 2 is 1.13 bits per heavy atom. The van der Waals surface area contributed by atoms with Crippen molar-refractivity contribution in [3.63, 3.8) is 0 Å². The zero-order valence-corrected chi connectivity index (χ0v) is 33.7. The molecule has 23 heteroatoms. The van der Waals surface area contributed by atoms with E-state index in [4.69, 9.17) is 42.6 Å². The number of nitrogens with one attached hydrogen (secondary N) is 1. The third-order valence-electron chi connectivity index (χ3n) is 11.1. The molecule has 0 unspecified atom stereocenters. The minimum atomic E-state index is -1.97. The van der Waals surface area contributed by atoms with Gasteiger partial charge in [0, 0.05) is 0 Å². The quantitative estimate of drug-likeness (QED) is 0.0624. The normalized spacial score (nSPS) is 40.1. The summed E-state index contributed by atoms with van der Waals surface area (Å²) >= 11 is 0. The van der Waals surface area contributed by atoms with Gasteiger partial charge in [0.2, 0.25) is 5.91 Å². The standard InChI is InChI=1S/C40H57NO22/c42-11-20(45)34-30(51)32(53)40(61-34)62-35-23(16-57-38-33(54)36(27(48)22(13-44)58-38)63-39-31(52)29(50)26(47)21(12-43)59-39)60-37(56-15-19-9-5-2-6-10-19)25(28(35)49)41-24(46)17-55-14-18-7-3-1-4-8-18/h1-10,20-23,25-40,42-45,47-54H,11-17H2,(H,41,46)/t20-,21+,22+,23+,25-,26-,27-,28+,29+,30-,31+,32-,33+,34+,35+,36-,37-,38+,39-,40+/m1/s1. The molecule has 6 rings (SSSR count). The van der Waals surface area contributed by atoms with Crippen molar-refractivity contribution >= 4 is 5.91 Å². The van der Waals surface area contributed by atoms with Crippen LogP contribution in [0.25, 0.3) is 0 Å². The molecule has 2 aromatic carbocycles. The van der Waals surface area contributed by atoms with E-state index in [1.54, 1.807) is 54.6 Å². The number of carbonyl (C=O) groups is 1. The highest BCUT2D eigenvalue weighted by Crippen LogP contribution is 2.34. The van der Waals surface area contributed by atoms with Crippen molar-refractivity contribution < 1.29 is 109 Å². The average molecular weight is 904 g/mol. The van der Waals surface area contributed by atoms with E-state index in [0.717, 1.165) is 5.56 Å². The van der Waals surface area contributed by atoms with E-state index >= 15 is 0 Å². The Bertz CT molecular complexity index is 1670. The molecule has 4 fully saturated rings. The lowest BCUT2D eigenvalue weighted by Crippen LogP contribution is -2.67. The molecule has 4 heterocycles. The van der Waals surface area contributed by atoms with Crippen LogP contribution in [0.5, 0.6) is 0 Å². The molecular weight excluding hydrogens is 846 g/mol. The van der Waals surface area contributed by atoms with Gasteiger partial charge in [-0.1, -0.05) is 60.7 Å². The Hall–Kier alpha value is -2.93. The van der Waals surface area contributed by atoms with Crippen LogP contribution in [0.1, 0.15) is 11.1 Å². The number of hydrogen-bond donors (Lipinski definition) is 13. The van der Waals surface area contributed by atoms with Gasteiger partial charge in [-0.25, -0.2) is 0 Å². The van der Waals surface area contributed by atoms with Gasteiger partial charge in [0.25, 0.3) is 0 Å². The highest BCUT2D eigenvalue weighted by Gasteiger charge is 2.55. The highest BCUT2D eigenvalue weighted by atomic mass is 16.8. The third-order valence-corrected chi connectivity index (χ3v) is 11.1. The molecule has 2 aromatic rings. The second kappa shape index (κ2) is 23.0. The summed E-state index contributed by atoms with van der Waals surface area (Å²) in [4.78, 5) is 13.3. The van der Waals surface area contributed by atoms with E-state index in [0.29, 0.717) is 5.56 Å². The van der Waals surface area contributed by atoms with Gasteiger partial charge in [-0.15, -0.1) is 0 Å². The minimum absolute atomic E-state index is 0.0782. The van der Waals surface area contributed by atoms with Crippen LogP contribution < -0.4 is 5.32 Å². The predicted molar refractivity (Wildman–Crippen MR) is 205 cm³/mol. The van der Waals surface area contributed by atoms with Crippen LogP contribution in [-0.2, 0) is 60.6 Å². The second-order valence-electron chi connectivity index (χ2n) is 15.5. The summed E-state index contributed by atoms with van der Waals surface area (Å²) in [5.41, 5.74) is 1.45. The van der Waals surface area contributed by atoms with E-state index in [2.05, 4.69) is 5.32 Å². The molecule has 4 saturated heterocycles. The molecule has 0 saturated carbocycles. The molecule has 0 spiro atoms. The van der Waals surface area contributed by atoms with E-state index < -0.39 is 162 Å². The molecule has 13 N–H and O–H groups in total. The van der Waals surface area contributed by atoms with Crippen LogP contribution in [0.4, 0.5) is 0 Å². The van der Waals surface area contributed by atoms with Gasteiger partial charge in [-0.2, -0.15) is 0 Å². The molecular formula is C40H57NO22. The zero-order chi connectivity index (χ0) is 45.4. The highest BCUT2D eigenvalue weighted by molar-refractivity contribution is 5.77. The molecule has 0 aromatic heterocycles. The largest absolute Gasteiger partial charge is 0.394 e. The smallest absolute Gasteiger partial charge is 0.246 e. The van der Waals surface area contributed by atoms with Crippen molar-refractivity contribution in [1.82, 2.24) is 5.32 Å². The maximum Gasteiger partial charge on any atom is 0.246 e. The fourth-order valence-corrected chi connectivity index (χ4v) is 7.57. The van der Waals surface area contributed by atoms with Crippen LogP contribution in [0.2, 0.25) is 0 Å². The minimum Gasteiger partial charge on any atom is -0.394 e. The fourth-order valence-electron chi connectivity index (χ4n) is 7.57. The molecule has 1 amide bonds. The number of aliphatic hydroxyl groups is 12. The first kappa shape index (κ1) is 49.5. The summed E-state index contributed by atoms with van der Waals surface area (Å²) in [7, 11) is 0. The number of benzene rings is 2. The predicted octanol–water partition coefficient (Wildman–Crippen LogP) is -6.18. The zero-order valence-electron chi connectivity index (χ0n) is 33.7. The van der Waals surface area contributed by atoms with E-state index in [1.165, 1.54) is 0 Å². The Balaban J connectivity index is 1.23. The topological polar surface area (TPSA) is 355 Å². The van der Waals surface area contributed by atoms with Gasteiger partial charge < -0.3 is 109 Å². The summed E-state index contributed by atoms with van der Waals surface area (Å²) in [6.45, 7) is -3.73. The maximum atomic E-state index is 13.3. The van der Waals surface area contributed by atoms with Crippen molar-refractivity contribution in [2.75, 3.05) is 33.0 Å². The monoisotopic (exact) mass is 903 g/mol. The SMILES string of the molecule is O=C(COCc1ccccc1)N[C@H]1[C@H](OCc2ccccc2)O[C@@H](CO[C@H]2O[C@@H](CO)[C@@H](O)[C@@H](O[C@H]3O[C@@H](CO)[C@@H](O)[C@H](O)[C@@H]3O)[C@@H]2O)[C@H](O[C@@H]2O[C@@H]([C@H](O)CO)[C@H](O)[C@H]2O)[C@H]1O. The van der Waals surface area contributed by atoms with Crippen LogP contribution in [0, 0.1) is 0 Å². The first-order chi connectivity index (χ1) is 30.3. The lowest BCUT2D eigenvalue weighted by Gasteiger charge is -2.47. The lowest BCUT2D eigenvalue weighted by atomic mass is 9.95. The molecule has 20 atom stereocenters. The molecule has 23 nitrogen and oxygen atoms in total. The third kappa shape index (κ3) is 11.9. The Kier molecular flexibility index (Phi) is 18.1. The molecule has 0 aliphatic carbocycles. The number of carbonyl (C=O) groups excluding carboxylic acids is 1. The van der Waals surface area contributed by atoms with Crippen molar-refractivity contribution in [3.05, 3.63) is 71.8 Å². The number of hydrogen-bond acceptors (Lipinski definition) is 22. The van der Waals surface area contributed by atoms with Crippen LogP contribution in [-0.4, -0.2) is 223 Å². The number of rotatable bonds is 19. The lowest BCUT2D eigenvalue weighted by molar-refractivity contribution is -0.366. The van der Waals surface area contributed by atoms with Gasteiger partial charge in [0.1, 0.15) is 104 Å². The van der Waals surface area contributed by atoms with Gasteiger partial charge >= 0.3 is 0 Å². The summed E-state index contributed by atoms with van der Waals surface area (Å²) in [5, 5.41) is 129. The first-order valence-corrected chi connectivity index (χ1v) is 20.3. The Morgan fingerprint density at radius 3 is 1.76 bits per heavy atom. The summed E-state index contributed by atoms with van der Waals surface area (Å²) < 4.78 is 52.1. The van der Waals surface area contributed by atoms with E-state index in [-0.39, 0.29) is 13.2 Å². The fraction of sp³-hybridized carbons (Fsp3) is 0.675.